The molecule has 3 nitrogen and oxygen atoms in total. The number of aliphatic hydroxyl groups is 1. The number of carbonyl (C=O) groups is 1. The monoisotopic (exact) mass is 395 g/mol. The first-order valence-electron chi connectivity index (χ1n) is 9.62. The summed E-state index contributed by atoms with van der Waals surface area (Å²) in [6.07, 6.45) is 1.49. The number of hydrogen-bond donors (Lipinski definition) is 1. The van der Waals surface area contributed by atoms with Crippen LogP contribution in [-0.2, 0) is 6.54 Å². The maximum absolute atomic E-state index is 12.4. The van der Waals surface area contributed by atoms with E-state index in [2.05, 4.69) is 47.4 Å². The molecule has 28 heavy (non-hydrogen) atoms. The third-order valence-electron chi connectivity index (χ3n) is 5.59. The molecule has 0 amide bonds. The van der Waals surface area contributed by atoms with Gasteiger partial charge in [-0.05, 0) is 35.2 Å². The molecule has 1 heterocycles. The fraction of sp³-hybridized carbons (Fsp3) is 0.292. The molecule has 0 radical (unpaired) electrons. The van der Waals surface area contributed by atoms with Crippen molar-refractivity contribution in [1.82, 2.24) is 4.90 Å². The zero-order valence-corrected chi connectivity index (χ0v) is 16.7. The van der Waals surface area contributed by atoms with Gasteiger partial charge in [-0.25, -0.2) is 0 Å². The number of likely N-dealkylation sites (tertiary alicyclic amines) is 1. The molecule has 1 aliphatic rings. The van der Waals surface area contributed by atoms with E-state index in [-0.39, 0.29) is 24.6 Å². The fourth-order valence-electron chi connectivity index (χ4n) is 3.92. The second-order valence-corrected chi connectivity index (χ2v) is 7.65. The number of ketones is 1. The molecule has 1 N–H and O–H groups in total. The van der Waals surface area contributed by atoms with Crippen LogP contribution in [0.4, 0.5) is 0 Å². The van der Waals surface area contributed by atoms with Crippen molar-refractivity contribution in [3.05, 3.63) is 83.9 Å². The van der Waals surface area contributed by atoms with Crippen LogP contribution in [0.15, 0.2) is 72.8 Å². The Balaban J connectivity index is 0.00000225. The summed E-state index contributed by atoms with van der Waals surface area (Å²) >= 11 is 0. The van der Waals surface area contributed by atoms with Gasteiger partial charge in [-0.15, -0.1) is 12.4 Å². The lowest BCUT2D eigenvalue weighted by Crippen LogP contribution is -2.45. The predicted octanol–water partition coefficient (Wildman–Crippen LogP) is 4.86. The molecule has 0 spiro atoms. The van der Waals surface area contributed by atoms with E-state index in [1.54, 1.807) is 0 Å². The Morgan fingerprint density at radius 1 is 0.893 bits per heavy atom. The Hall–Kier alpha value is -2.20. The summed E-state index contributed by atoms with van der Waals surface area (Å²) in [6, 6.07) is 24.3. The molecular weight excluding hydrogens is 370 g/mol. The third-order valence-corrected chi connectivity index (χ3v) is 5.59. The van der Waals surface area contributed by atoms with Gasteiger partial charge >= 0.3 is 0 Å². The predicted molar refractivity (Wildman–Crippen MR) is 116 cm³/mol. The number of piperidine rings is 1. The van der Waals surface area contributed by atoms with E-state index in [1.807, 2.05) is 30.3 Å². The summed E-state index contributed by atoms with van der Waals surface area (Å²) in [4.78, 5) is 14.8. The lowest BCUT2D eigenvalue weighted by Gasteiger charge is -2.38. The van der Waals surface area contributed by atoms with Gasteiger partial charge < -0.3 is 5.11 Å². The number of carbonyl (C=O) groups excluding carboxylic acids is 1. The molecule has 3 aromatic carbocycles. The van der Waals surface area contributed by atoms with Crippen LogP contribution < -0.4 is 0 Å². The summed E-state index contributed by atoms with van der Waals surface area (Å²) in [6.45, 7) is 2.50. The van der Waals surface area contributed by atoms with Gasteiger partial charge in [-0.1, -0.05) is 66.7 Å². The molecule has 1 fully saturated rings. The highest BCUT2D eigenvalue weighted by Crippen LogP contribution is 2.28. The van der Waals surface area contributed by atoms with Gasteiger partial charge in [0.05, 0.1) is 5.60 Å². The molecule has 0 atom stereocenters. The molecule has 4 heteroatoms. The standard InChI is InChI=1S/C24H25NO2.ClH/c26-23(21-7-2-1-3-8-21)17-24(27)12-14-25(15-13-24)18-19-10-11-20-6-4-5-9-22(20)16-19;/h1-11,16,27H,12-15,17-18H2;1H. The van der Waals surface area contributed by atoms with Crippen LogP contribution in [0.1, 0.15) is 35.2 Å². The van der Waals surface area contributed by atoms with Gasteiger partial charge in [-0.2, -0.15) is 0 Å². The smallest absolute Gasteiger partial charge is 0.165 e. The highest BCUT2D eigenvalue weighted by Gasteiger charge is 2.34. The molecule has 0 aromatic heterocycles. The van der Waals surface area contributed by atoms with Crippen LogP contribution in [-0.4, -0.2) is 34.5 Å². The molecule has 0 saturated carbocycles. The maximum Gasteiger partial charge on any atom is 0.165 e. The van der Waals surface area contributed by atoms with E-state index in [0.29, 0.717) is 18.4 Å². The van der Waals surface area contributed by atoms with Crippen LogP contribution in [0.25, 0.3) is 10.8 Å². The van der Waals surface area contributed by atoms with Crippen LogP contribution in [0, 0.1) is 0 Å². The zero-order valence-electron chi connectivity index (χ0n) is 15.9. The number of fused-ring (bicyclic) bond motifs is 1. The SMILES string of the molecule is Cl.O=C(CC1(O)CCN(Cc2ccc3ccccc3c2)CC1)c1ccccc1. The van der Waals surface area contributed by atoms with Gasteiger partial charge in [0.15, 0.2) is 5.78 Å². The Labute approximate surface area is 172 Å². The minimum Gasteiger partial charge on any atom is -0.389 e. The second-order valence-electron chi connectivity index (χ2n) is 7.65. The number of nitrogens with zero attached hydrogens (tertiary/aromatic N) is 1. The van der Waals surface area contributed by atoms with E-state index in [0.717, 1.165) is 19.6 Å². The zero-order chi connectivity index (χ0) is 18.7. The number of Topliss-reactive ketones (excluding diaryl/α,β-unsaturated/α-hetero) is 1. The summed E-state index contributed by atoms with van der Waals surface area (Å²) in [5.74, 6) is 0.0288. The van der Waals surface area contributed by atoms with E-state index in [9.17, 15) is 9.90 Å². The van der Waals surface area contributed by atoms with Gasteiger partial charge in [-0.3, -0.25) is 9.69 Å². The Morgan fingerprint density at radius 3 is 2.25 bits per heavy atom. The molecule has 4 rings (SSSR count). The highest BCUT2D eigenvalue weighted by molar-refractivity contribution is 5.96. The van der Waals surface area contributed by atoms with Crippen molar-refractivity contribution < 1.29 is 9.90 Å². The first kappa shape index (κ1) is 20.5. The van der Waals surface area contributed by atoms with E-state index < -0.39 is 5.60 Å². The van der Waals surface area contributed by atoms with Crippen LogP contribution in [0.3, 0.4) is 0 Å². The van der Waals surface area contributed by atoms with Crippen molar-refractivity contribution in [3.8, 4) is 0 Å². The molecule has 0 unspecified atom stereocenters. The average Bonchev–Trinajstić information content (AvgIpc) is 2.70. The minimum atomic E-state index is -0.882. The third kappa shape index (κ3) is 4.79. The van der Waals surface area contributed by atoms with Crippen molar-refractivity contribution >= 4 is 29.0 Å². The summed E-state index contributed by atoms with van der Waals surface area (Å²) in [7, 11) is 0. The molecule has 3 aromatic rings. The largest absolute Gasteiger partial charge is 0.389 e. The van der Waals surface area contributed by atoms with Crippen molar-refractivity contribution in [1.29, 1.82) is 0 Å². The van der Waals surface area contributed by atoms with Gasteiger partial charge in [0, 0.05) is 31.6 Å². The van der Waals surface area contributed by atoms with Crippen molar-refractivity contribution in [2.24, 2.45) is 0 Å². The fourth-order valence-corrected chi connectivity index (χ4v) is 3.92. The molecule has 0 aliphatic carbocycles. The normalized spacial score (nSPS) is 16.5. The summed E-state index contributed by atoms with van der Waals surface area (Å²) in [5, 5.41) is 13.4. The van der Waals surface area contributed by atoms with Gasteiger partial charge in [0.25, 0.3) is 0 Å². The van der Waals surface area contributed by atoms with Crippen molar-refractivity contribution in [3.63, 3.8) is 0 Å². The lowest BCUT2D eigenvalue weighted by molar-refractivity contribution is -0.0241. The number of hydrogen-bond acceptors (Lipinski definition) is 3. The maximum atomic E-state index is 12.4. The van der Waals surface area contributed by atoms with E-state index in [1.165, 1.54) is 16.3 Å². The first-order valence-corrected chi connectivity index (χ1v) is 9.62. The quantitative estimate of drug-likeness (QED) is 0.627. The minimum absolute atomic E-state index is 0. The second kappa shape index (κ2) is 8.87. The van der Waals surface area contributed by atoms with Crippen molar-refractivity contribution in [2.75, 3.05) is 13.1 Å². The lowest BCUT2D eigenvalue weighted by atomic mass is 9.85. The average molecular weight is 396 g/mol. The van der Waals surface area contributed by atoms with Crippen LogP contribution in [0.2, 0.25) is 0 Å². The first-order chi connectivity index (χ1) is 13.1. The number of halogens is 1. The molecule has 1 saturated heterocycles. The summed E-state index contributed by atoms with van der Waals surface area (Å²) in [5.41, 5.74) is 1.09. The topological polar surface area (TPSA) is 40.5 Å². The highest BCUT2D eigenvalue weighted by atomic mass is 35.5. The van der Waals surface area contributed by atoms with Gasteiger partial charge in [0.1, 0.15) is 0 Å². The molecule has 1 aliphatic heterocycles. The number of benzene rings is 3. The Bertz CT molecular complexity index is 934. The van der Waals surface area contributed by atoms with Crippen LogP contribution in [0.5, 0.6) is 0 Å². The summed E-state index contributed by atoms with van der Waals surface area (Å²) < 4.78 is 0. The van der Waals surface area contributed by atoms with Crippen LogP contribution >= 0.6 is 12.4 Å². The molecular formula is C24H26ClNO2. The molecule has 146 valence electrons. The van der Waals surface area contributed by atoms with E-state index >= 15 is 0 Å². The Morgan fingerprint density at radius 2 is 1.54 bits per heavy atom. The molecule has 0 bridgehead atoms. The van der Waals surface area contributed by atoms with Gasteiger partial charge in [0.2, 0.25) is 0 Å². The Kier molecular flexibility index (Phi) is 6.50. The van der Waals surface area contributed by atoms with E-state index in [4.69, 9.17) is 0 Å². The number of rotatable bonds is 5. The van der Waals surface area contributed by atoms with Crippen molar-refractivity contribution in [2.45, 2.75) is 31.4 Å².